The first-order chi connectivity index (χ1) is 15.0. The fourth-order valence-electron chi connectivity index (χ4n) is 3.60. The molecule has 2 aliphatic rings. The molecule has 2 heterocycles. The zero-order valence-electron chi connectivity index (χ0n) is 16.8. The van der Waals surface area contributed by atoms with E-state index < -0.39 is 17.1 Å². The average Bonchev–Trinajstić information content (AvgIpc) is 3.04. The number of imide groups is 1. The van der Waals surface area contributed by atoms with Crippen LogP contribution in [0.2, 0.25) is 0 Å². The number of rotatable bonds is 5. The van der Waals surface area contributed by atoms with Gasteiger partial charge in [0.05, 0.1) is 4.91 Å². The summed E-state index contributed by atoms with van der Waals surface area (Å²) < 4.78 is 0.894. The van der Waals surface area contributed by atoms with Gasteiger partial charge in [0, 0.05) is 28.9 Å². The Kier molecular flexibility index (Phi) is 6.77. The van der Waals surface area contributed by atoms with Crippen LogP contribution in [0.1, 0.15) is 24.8 Å². The second kappa shape index (κ2) is 9.70. The van der Waals surface area contributed by atoms with E-state index in [2.05, 4.69) is 26.1 Å². The highest BCUT2D eigenvalue weighted by Crippen LogP contribution is 2.32. The van der Waals surface area contributed by atoms with Crippen molar-refractivity contribution < 1.29 is 14.4 Å². The van der Waals surface area contributed by atoms with Crippen molar-refractivity contribution in [2.24, 2.45) is 0 Å². The molecule has 0 aliphatic carbocycles. The first-order valence-corrected chi connectivity index (χ1v) is 11.8. The quantitative estimate of drug-likeness (QED) is 0.578. The van der Waals surface area contributed by atoms with Gasteiger partial charge in [-0.15, -0.1) is 0 Å². The number of anilines is 2. The summed E-state index contributed by atoms with van der Waals surface area (Å²) >= 11 is 4.20. The molecule has 2 aliphatic heterocycles. The topological polar surface area (TPSA) is 69.7 Å². The third-order valence-electron chi connectivity index (χ3n) is 5.22. The highest BCUT2D eigenvalue weighted by molar-refractivity contribution is 9.10. The standard InChI is InChI=1S/C23H22BrN3O3S/c24-17-6-8-18(9-7-17)25-21(28)15-27-22(29)20(31-23(27)30)14-16-4-10-19(11-5-16)26-12-2-1-3-13-26/h4-11,14H,1-3,12-13,15H2,(H,25,28)/b20-14-. The molecule has 0 bridgehead atoms. The molecular weight excluding hydrogens is 478 g/mol. The van der Waals surface area contributed by atoms with Crippen LogP contribution in [0.3, 0.4) is 0 Å². The lowest BCUT2D eigenvalue weighted by atomic mass is 10.1. The van der Waals surface area contributed by atoms with Gasteiger partial charge in [-0.1, -0.05) is 28.1 Å². The predicted molar refractivity (Wildman–Crippen MR) is 128 cm³/mol. The highest BCUT2D eigenvalue weighted by atomic mass is 79.9. The SMILES string of the molecule is O=C(CN1C(=O)S/C(=C\c2ccc(N3CCCCC3)cc2)C1=O)Nc1ccc(Br)cc1. The summed E-state index contributed by atoms with van der Waals surface area (Å²) in [4.78, 5) is 41.0. The van der Waals surface area contributed by atoms with Crippen LogP contribution >= 0.6 is 27.7 Å². The number of amides is 3. The molecule has 0 saturated carbocycles. The van der Waals surface area contributed by atoms with Gasteiger partial charge in [0.1, 0.15) is 6.54 Å². The van der Waals surface area contributed by atoms with E-state index in [0.29, 0.717) is 10.6 Å². The number of halogens is 1. The Morgan fingerprint density at radius 2 is 1.68 bits per heavy atom. The first kappa shape index (κ1) is 21.6. The fraction of sp³-hybridized carbons (Fsp3) is 0.261. The Morgan fingerprint density at radius 1 is 1.00 bits per heavy atom. The normalized spacial score (nSPS) is 18.0. The summed E-state index contributed by atoms with van der Waals surface area (Å²) in [6.07, 6.45) is 5.41. The second-order valence-corrected chi connectivity index (χ2v) is 9.37. The summed E-state index contributed by atoms with van der Waals surface area (Å²) in [5, 5.41) is 2.26. The lowest BCUT2D eigenvalue weighted by Crippen LogP contribution is -2.36. The van der Waals surface area contributed by atoms with E-state index in [0.717, 1.165) is 39.8 Å². The molecule has 2 aromatic carbocycles. The Bertz CT molecular complexity index is 1020. The summed E-state index contributed by atoms with van der Waals surface area (Å²) in [6, 6.07) is 15.1. The molecule has 1 N–H and O–H groups in total. The minimum Gasteiger partial charge on any atom is -0.372 e. The van der Waals surface area contributed by atoms with Crippen LogP contribution < -0.4 is 10.2 Å². The summed E-state index contributed by atoms with van der Waals surface area (Å²) in [5.74, 6) is -0.863. The zero-order valence-corrected chi connectivity index (χ0v) is 19.2. The van der Waals surface area contributed by atoms with Crippen molar-refractivity contribution in [2.45, 2.75) is 19.3 Å². The number of hydrogen-bond acceptors (Lipinski definition) is 5. The number of nitrogens with zero attached hydrogens (tertiary/aromatic N) is 2. The van der Waals surface area contributed by atoms with Crippen molar-refractivity contribution >= 4 is 62.2 Å². The Morgan fingerprint density at radius 3 is 2.35 bits per heavy atom. The first-order valence-electron chi connectivity index (χ1n) is 10.2. The van der Waals surface area contributed by atoms with Crippen molar-refractivity contribution in [3.63, 3.8) is 0 Å². The number of piperidine rings is 1. The molecule has 2 saturated heterocycles. The summed E-state index contributed by atoms with van der Waals surface area (Å²) in [5.41, 5.74) is 2.63. The second-order valence-electron chi connectivity index (χ2n) is 7.46. The number of thioether (sulfide) groups is 1. The van der Waals surface area contributed by atoms with Crippen LogP contribution in [0.25, 0.3) is 6.08 Å². The van der Waals surface area contributed by atoms with Gasteiger partial charge < -0.3 is 10.2 Å². The maximum atomic E-state index is 12.7. The number of carbonyl (C=O) groups excluding carboxylic acids is 3. The molecule has 0 unspecified atom stereocenters. The van der Waals surface area contributed by atoms with Gasteiger partial charge in [0.15, 0.2) is 0 Å². The van der Waals surface area contributed by atoms with Crippen LogP contribution in [0.4, 0.5) is 16.2 Å². The largest absolute Gasteiger partial charge is 0.372 e. The highest BCUT2D eigenvalue weighted by Gasteiger charge is 2.36. The van der Waals surface area contributed by atoms with Gasteiger partial charge in [0.2, 0.25) is 5.91 Å². The van der Waals surface area contributed by atoms with E-state index in [1.807, 2.05) is 24.3 Å². The zero-order chi connectivity index (χ0) is 21.8. The Hall–Kier alpha value is -2.58. The van der Waals surface area contributed by atoms with E-state index in [-0.39, 0.29) is 6.54 Å². The molecule has 8 heteroatoms. The molecule has 0 aromatic heterocycles. The van der Waals surface area contributed by atoms with Crippen LogP contribution in [0.15, 0.2) is 57.9 Å². The maximum absolute atomic E-state index is 12.7. The monoisotopic (exact) mass is 499 g/mol. The van der Waals surface area contributed by atoms with Gasteiger partial charge in [0.25, 0.3) is 11.1 Å². The molecule has 0 radical (unpaired) electrons. The molecule has 0 atom stereocenters. The van der Waals surface area contributed by atoms with Gasteiger partial charge >= 0.3 is 0 Å². The Balaban J connectivity index is 1.39. The van der Waals surface area contributed by atoms with E-state index >= 15 is 0 Å². The lowest BCUT2D eigenvalue weighted by Gasteiger charge is -2.28. The Labute approximate surface area is 193 Å². The van der Waals surface area contributed by atoms with Crippen molar-refractivity contribution in [1.82, 2.24) is 4.90 Å². The smallest absolute Gasteiger partial charge is 0.294 e. The van der Waals surface area contributed by atoms with Crippen LogP contribution in [0.5, 0.6) is 0 Å². The van der Waals surface area contributed by atoms with Crippen LogP contribution in [-0.2, 0) is 9.59 Å². The average molecular weight is 500 g/mol. The van der Waals surface area contributed by atoms with E-state index in [9.17, 15) is 14.4 Å². The predicted octanol–water partition coefficient (Wildman–Crippen LogP) is 5.11. The summed E-state index contributed by atoms with van der Waals surface area (Å²) in [7, 11) is 0. The van der Waals surface area contributed by atoms with Crippen LogP contribution in [0, 0.1) is 0 Å². The van der Waals surface area contributed by atoms with E-state index in [1.54, 1.807) is 30.3 Å². The van der Waals surface area contributed by atoms with Gasteiger partial charge in [-0.25, -0.2) is 0 Å². The van der Waals surface area contributed by atoms with Crippen molar-refractivity contribution in [2.75, 3.05) is 29.9 Å². The number of benzene rings is 2. The molecule has 2 fully saturated rings. The third-order valence-corrected chi connectivity index (χ3v) is 6.65. The van der Waals surface area contributed by atoms with Gasteiger partial charge in [-0.05, 0) is 79.1 Å². The third kappa shape index (κ3) is 5.37. The van der Waals surface area contributed by atoms with Crippen molar-refractivity contribution in [3.8, 4) is 0 Å². The van der Waals surface area contributed by atoms with Crippen molar-refractivity contribution in [1.29, 1.82) is 0 Å². The van der Waals surface area contributed by atoms with Crippen molar-refractivity contribution in [3.05, 3.63) is 63.5 Å². The minimum absolute atomic E-state index is 0.314. The van der Waals surface area contributed by atoms with E-state index in [1.165, 1.54) is 24.9 Å². The molecule has 160 valence electrons. The maximum Gasteiger partial charge on any atom is 0.294 e. The number of hydrogen-bond donors (Lipinski definition) is 1. The molecule has 31 heavy (non-hydrogen) atoms. The van der Waals surface area contributed by atoms with Gasteiger partial charge in [-0.3, -0.25) is 19.3 Å². The minimum atomic E-state index is -0.443. The number of nitrogens with one attached hydrogen (secondary N) is 1. The van der Waals surface area contributed by atoms with Gasteiger partial charge in [-0.2, -0.15) is 0 Å². The molecular formula is C23H22BrN3O3S. The van der Waals surface area contributed by atoms with Crippen LogP contribution in [-0.4, -0.2) is 41.6 Å². The molecule has 4 rings (SSSR count). The fourth-order valence-corrected chi connectivity index (χ4v) is 4.70. The number of carbonyl (C=O) groups is 3. The molecule has 3 amide bonds. The lowest BCUT2D eigenvalue weighted by molar-refractivity contribution is -0.127. The summed E-state index contributed by atoms with van der Waals surface area (Å²) in [6.45, 7) is 1.83. The molecule has 6 nitrogen and oxygen atoms in total. The molecule has 2 aromatic rings. The van der Waals surface area contributed by atoms with E-state index in [4.69, 9.17) is 0 Å². The molecule has 0 spiro atoms.